The highest BCUT2D eigenvalue weighted by atomic mass is 35.5. The number of rotatable bonds is 8. The molecule has 0 saturated heterocycles. The smallest absolute Gasteiger partial charge is 0.264 e. The zero-order chi connectivity index (χ0) is 25.9. The molecule has 0 radical (unpaired) electrons. The molecule has 8 nitrogen and oxygen atoms in total. The number of nitrogens with one attached hydrogen (secondary N) is 1. The predicted octanol–water partition coefficient (Wildman–Crippen LogP) is 4.12. The second kappa shape index (κ2) is 10.7. The van der Waals surface area contributed by atoms with Gasteiger partial charge in [0.25, 0.3) is 15.9 Å². The van der Waals surface area contributed by atoms with Crippen LogP contribution in [0.3, 0.4) is 0 Å². The van der Waals surface area contributed by atoms with Crippen LogP contribution in [0.25, 0.3) is 0 Å². The van der Waals surface area contributed by atoms with E-state index in [1.54, 1.807) is 24.3 Å². The molecule has 1 heterocycles. The summed E-state index contributed by atoms with van der Waals surface area (Å²) in [6.45, 7) is 4.28. The lowest BCUT2D eigenvalue weighted by molar-refractivity contribution is -0.127. The maximum absolute atomic E-state index is 13.5. The molecule has 1 aliphatic rings. The molecule has 1 aliphatic heterocycles. The number of hydrogen-bond donors (Lipinski definition) is 1. The second-order valence-corrected chi connectivity index (χ2v) is 10.6. The number of amides is 1. The molecule has 3 aromatic carbocycles. The fourth-order valence-corrected chi connectivity index (χ4v) is 5.36. The summed E-state index contributed by atoms with van der Waals surface area (Å²) in [5.74, 6) is 1.03. The second-order valence-electron chi connectivity index (χ2n) is 8.32. The van der Waals surface area contributed by atoms with Crippen LogP contribution >= 0.6 is 11.6 Å². The number of ether oxygens (including phenoxy) is 3. The number of anilines is 1. The third-order valence-corrected chi connectivity index (χ3v) is 7.91. The van der Waals surface area contributed by atoms with Crippen LogP contribution in [-0.4, -0.2) is 47.2 Å². The molecule has 10 heteroatoms. The number of fused-ring (bicyclic) bond motifs is 1. The minimum absolute atomic E-state index is 0.0528. The fourth-order valence-electron chi connectivity index (χ4n) is 3.72. The molecule has 4 rings (SSSR count). The van der Waals surface area contributed by atoms with Gasteiger partial charge in [-0.05, 0) is 79.6 Å². The Bertz CT molecular complexity index is 1360. The van der Waals surface area contributed by atoms with Gasteiger partial charge in [0.1, 0.15) is 23.9 Å². The zero-order valence-electron chi connectivity index (χ0n) is 20.2. The van der Waals surface area contributed by atoms with Gasteiger partial charge in [-0.2, -0.15) is 0 Å². The number of carbonyl (C=O) groups is 1. The van der Waals surface area contributed by atoms with Crippen molar-refractivity contribution in [2.24, 2.45) is 0 Å². The molecule has 1 atom stereocenters. The van der Waals surface area contributed by atoms with Gasteiger partial charge in [0.05, 0.1) is 30.8 Å². The Labute approximate surface area is 215 Å². The van der Waals surface area contributed by atoms with E-state index >= 15 is 0 Å². The maximum atomic E-state index is 13.5. The Morgan fingerprint density at radius 3 is 2.47 bits per heavy atom. The monoisotopic (exact) mass is 530 g/mol. The summed E-state index contributed by atoms with van der Waals surface area (Å²) in [6.07, 6.45) is -1.06. The molecule has 1 unspecified atom stereocenters. The Hall–Kier alpha value is -3.43. The van der Waals surface area contributed by atoms with E-state index in [1.165, 1.54) is 30.9 Å². The number of benzene rings is 3. The van der Waals surface area contributed by atoms with Crippen molar-refractivity contribution >= 4 is 33.2 Å². The summed E-state index contributed by atoms with van der Waals surface area (Å²) in [5.41, 5.74) is 2.55. The van der Waals surface area contributed by atoms with Crippen LogP contribution in [-0.2, 0) is 14.8 Å². The largest absolute Gasteiger partial charge is 0.497 e. The van der Waals surface area contributed by atoms with E-state index in [1.807, 2.05) is 32.0 Å². The summed E-state index contributed by atoms with van der Waals surface area (Å²) in [6, 6.07) is 16.4. The first kappa shape index (κ1) is 25.7. The summed E-state index contributed by atoms with van der Waals surface area (Å²) in [4.78, 5) is 13.0. The summed E-state index contributed by atoms with van der Waals surface area (Å²) in [5, 5.41) is 3.11. The van der Waals surface area contributed by atoms with Gasteiger partial charge in [-0.25, -0.2) is 8.42 Å². The lowest BCUT2D eigenvalue weighted by atomic mass is 10.1. The van der Waals surface area contributed by atoms with E-state index in [4.69, 9.17) is 25.8 Å². The van der Waals surface area contributed by atoms with Crippen molar-refractivity contribution in [1.29, 1.82) is 0 Å². The van der Waals surface area contributed by atoms with Crippen molar-refractivity contribution in [3.8, 4) is 17.2 Å². The van der Waals surface area contributed by atoms with E-state index in [-0.39, 0.29) is 36.0 Å². The Morgan fingerprint density at radius 1 is 1.06 bits per heavy atom. The predicted molar refractivity (Wildman–Crippen MR) is 138 cm³/mol. The number of carbonyl (C=O) groups excluding carboxylic acids is 1. The van der Waals surface area contributed by atoms with E-state index in [9.17, 15) is 13.2 Å². The van der Waals surface area contributed by atoms with Gasteiger partial charge < -0.3 is 19.5 Å². The molecule has 0 aliphatic carbocycles. The maximum Gasteiger partial charge on any atom is 0.264 e. The molecule has 0 fully saturated rings. The molecule has 1 amide bonds. The molecular formula is C26H27ClN2O6S. The van der Waals surface area contributed by atoms with E-state index in [0.29, 0.717) is 16.5 Å². The summed E-state index contributed by atoms with van der Waals surface area (Å²) in [7, 11) is -2.52. The zero-order valence-corrected chi connectivity index (χ0v) is 21.7. The average Bonchev–Trinajstić information content (AvgIpc) is 2.87. The summed E-state index contributed by atoms with van der Waals surface area (Å²) >= 11 is 6.14. The van der Waals surface area contributed by atoms with Crippen LogP contribution in [0.4, 0.5) is 5.69 Å². The Balaban J connectivity index is 1.48. The molecule has 1 N–H and O–H groups in total. The molecule has 0 saturated carbocycles. The van der Waals surface area contributed by atoms with Crippen LogP contribution in [0, 0.1) is 13.8 Å². The van der Waals surface area contributed by atoms with Gasteiger partial charge in [0.15, 0.2) is 6.10 Å². The molecular weight excluding hydrogens is 504 g/mol. The van der Waals surface area contributed by atoms with Gasteiger partial charge in [-0.3, -0.25) is 9.10 Å². The van der Waals surface area contributed by atoms with Gasteiger partial charge in [0, 0.05) is 5.02 Å². The number of sulfonamides is 1. The van der Waals surface area contributed by atoms with E-state index in [0.717, 1.165) is 9.87 Å². The fraction of sp³-hybridized carbons (Fsp3) is 0.269. The van der Waals surface area contributed by atoms with Crippen LogP contribution in [0.1, 0.15) is 11.1 Å². The van der Waals surface area contributed by atoms with Crippen LogP contribution in [0.5, 0.6) is 17.2 Å². The standard InChI is InChI=1S/C26H27ClN2O6S/c1-17-4-6-21(14-18(17)2)34-13-12-28-26(30)25-16-29(23-15-19(27)5-11-24(23)35-25)36(31,32)22-9-7-20(33-3)8-10-22/h4-11,14-15,25H,12-13,16H2,1-3H3,(H,28,30). The molecule has 0 spiro atoms. The Kier molecular flexibility index (Phi) is 7.61. The van der Waals surface area contributed by atoms with Crippen molar-refractivity contribution in [2.75, 3.05) is 31.1 Å². The van der Waals surface area contributed by atoms with Gasteiger partial charge in [0.2, 0.25) is 0 Å². The van der Waals surface area contributed by atoms with Gasteiger partial charge >= 0.3 is 0 Å². The normalized spacial score (nSPS) is 15.0. The van der Waals surface area contributed by atoms with Crippen LogP contribution in [0.2, 0.25) is 5.02 Å². The number of aryl methyl sites for hydroxylation is 2. The van der Waals surface area contributed by atoms with Gasteiger partial charge in [-0.15, -0.1) is 0 Å². The highest BCUT2D eigenvalue weighted by Crippen LogP contribution is 2.39. The quantitative estimate of drug-likeness (QED) is 0.440. The number of methoxy groups -OCH3 is 1. The van der Waals surface area contributed by atoms with E-state index in [2.05, 4.69) is 5.32 Å². The van der Waals surface area contributed by atoms with Crippen LogP contribution < -0.4 is 23.8 Å². The number of hydrogen-bond acceptors (Lipinski definition) is 6. The van der Waals surface area contributed by atoms with Crippen molar-refractivity contribution < 1.29 is 27.4 Å². The van der Waals surface area contributed by atoms with Crippen molar-refractivity contribution in [2.45, 2.75) is 24.8 Å². The lowest BCUT2D eigenvalue weighted by Crippen LogP contribution is -2.51. The minimum atomic E-state index is -4.02. The SMILES string of the molecule is COc1ccc(S(=O)(=O)N2CC(C(=O)NCCOc3ccc(C)c(C)c3)Oc3ccc(Cl)cc32)cc1. The Morgan fingerprint density at radius 2 is 1.78 bits per heavy atom. The first-order valence-electron chi connectivity index (χ1n) is 11.3. The number of halogens is 1. The molecule has 190 valence electrons. The third kappa shape index (κ3) is 5.52. The first-order valence-corrected chi connectivity index (χ1v) is 13.1. The van der Waals surface area contributed by atoms with Crippen molar-refractivity contribution in [3.05, 3.63) is 76.8 Å². The highest BCUT2D eigenvalue weighted by molar-refractivity contribution is 7.92. The minimum Gasteiger partial charge on any atom is -0.497 e. The lowest BCUT2D eigenvalue weighted by Gasteiger charge is -2.34. The molecule has 0 aromatic heterocycles. The first-order chi connectivity index (χ1) is 17.2. The molecule has 36 heavy (non-hydrogen) atoms. The molecule has 0 bridgehead atoms. The van der Waals surface area contributed by atoms with Crippen LogP contribution in [0.15, 0.2) is 65.6 Å². The topological polar surface area (TPSA) is 94.2 Å². The van der Waals surface area contributed by atoms with Crippen molar-refractivity contribution in [3.63, 3.8) is 0 Å². The molecule has 3 aromatic rings. The van der Waals surface area contributed by atoms with Crippen molar-refractivity contribution in [1.82, 2.24) is 5.32 Å². The average molecular weight is 531 g/mol. The highest BCUT2D eigenvalue weighted by Gasteiger charge is 2.37. The summed E-state index contributed by atoms with van der Waals surface area (Å²) < 4.78 is 44.9. The van der Waals surface area contributed by atoms with Gasteiger partial charge in [-0.1, -0.05) is 17.7 Å². The van der Waals surface area contributed by atoms with E-state index < -0.39 is 22.0 Å². The number of nitrogens with zero attached hydrogens (tertiary/aromatic N) is 1. The third-order valence-electron chi connectivity index (χ3n) is 5.88.